The Morgan fingerprint density at radius 1 is 1.22 bits per heavy atom. The molecule has 0 unspecified atom stereocenters. The van der Waals surface area contributed by atoms with Crippen molar-refractivity contribution in [2.45, 2.75) is 13.3 Å². The molecule has 0 spiro atoms. The number of halogens is 1. The van der Waals surface area contributed by atoms with Crippen molar-refractivity contribution in [3.05, 3.63) is 49.7 Å². The summed E-state index contributed by atoms with van der Waals surface area (Å²) in [5.74, 6) is 0.772. The lowest BCUT2D eigenvalue weighted by Gasteiger charge is -2.04. The Bertz CT molecular complexity index is 531. The highest BCUT2D eigenvalue weighted by molar-refractivity contribution is 14.1. The Kier molecular flexibility index (Phi) is 4.77. The molecule has 0 aliphatic heterocycles. The number of carbonyl (C=O) groups is 1. The molecule has 0 radical (unpaired) electrons. The van der Waals surface area contributed by atoms with E-state index in [-0.39, 0.29) is 12.4 Å². The zero-order valence-corrected chi connectivity index (χ0v) is 13.0. The smallest absolute Gasteiger partial charge is 0.210 e. The van der Waals surface area contributed by atoms with Gasteiger partial charge in [0.15, 0.2) is 6.61 Å². The highest BCUT2D eigenvalue weighted by atomic mass is 127. The van der Waals surface area contributed by atoms with E-state index in [4.69, 9.17) is 4.74 Å². The molecule has 2 aromatic rings. The molecule has 2 nitrogen and oxygen atoms in total. The quantitative estimate of drug-likeness (QED) is 0.582. The second-order valence-electron chi connectivity index (χ2n) is 3.79. The molecule has 0 bridgehead atoms. The molecule has 0 saturated heterocycles. The van der Waals surface area contributed by atoms with Gasteiger partial charge in [-0.15, -0.1) is 11.3 Å². The maximum atomic E-state index is 11.9. The van der Waals surface area contributed by atoms with Crippen LogP contribution in [0.3, 0.4) is 0 Å². The molecule has 0 atom stereocenters. The van der Waals surface area contributed by atoms with Crippen molar-refractivity contribution in [2.75, 3.05) is 6.61 Å². The minimum atomic E-state index is 0.0400. The molecular formula is C14H13IO2S. The summed E-state index contributed by atoms with van der Waals surface area (Å²) < 4.78 is 6.62. The van der Waals surface area contributed by atoms with Crippen LogP contribution in [0.4, 0.5) is 0 Å². The van der Waals surface area contributed by atoms with Gasteiger partial charge in [-0.05, 0) is 65.4 Å². The molecule has 0 saturated carbocycles. The predicted molar refractivity (Wildman–Crippen MR) is 82.7 cm³/mol. The summed E-state index contributed by atoms with van der Waals surface area (Å²) in [5, 5.41) is 0. The first kappa shape index (κ1) is 13.5. The second kappa shape index (κ2) is 6.33. The maximum absolute atomic E-state index is 11.9. The number of hydrogen-bond acceptors (Lipinski definition) is 3. The summed E-state index contributed by atoms with van der Waals surface area (Å²) in [7, 11) is 0. The minimum absolute atomic E-state index is 0.0400. The number of benzene rings is 1. The summed E-state index contributed by atoms with van der Waals surface area (Å²) in [6.07, 6.45) is 0.968. The molecule has 0 amide bonds. The molecular weight excluding hydrogens is 359 g/mol. The van der Waals surface area contributed by atoms with E-state index >= 15 is 0 Å². The van der Waals surface area contributed by atoms with Gasteiger partial charge in [0, 0.05) is 8.45 Å². The fourth-order valence-corrected chi connectivity index (χ4v) is 2.70. The SMILES string of the molecule is CCc1ccc(C(=O)COc2ccc(I)cc2)s1. The lowest BCUT2D eigenvalue weighted by molar-refractivity contribution is 0.0925. The monoisotopic (exact) mass is 372 g/mol. The zero-order valence-electron chi connectivity index (χ0n) is 9.98. The molecule has 2 rings (SSSR count). The zero-order chi connectivity index (χ0) is 13.0. The number of hydrogen-bond donors (Lipinski definition) is 0. The second-order valence-corrected chi connectivity index (χ2v) is 6.20. The topological polar surface area (TPSA) is 26.3 Å². The highest BCUT2D eigenvalue weighted by Gasteiger charge is 2.09. The van der Waals surface area contributed by atoms with Crippen molar-refractivity contribution >= 4 is 39.7 Å². The highest BCUT2D eigenvalue weighted by Crippen LogP contribution is 2.18. The number of rotatable bonds is 5. The summed E-state index contributed by atoms with van der Waals surface area (Å²) >= 11 is 3.78. The van der Waals surface area contributed by atoms with Gasteiger partial charge >= 0.3 is 0 Å². The van der Waals surface area contributed by atoms with Crippen LogP contribution in [0, 0.1) is 3.57 Å². The van der Waals surface area contributed by atoms with Crippen molar-refractivity contribution in [1.82, 2.24) is 0 Å². The van der Waals surface area contributed by atoms with E-state index in [1.807, 2.05) is 36.4 Å². The summed E-state index contributed by atoms with van der Waals surface area (Å²) in [6, 6.07) is 11.6. The van der Waals surface area contributed by atoms with Crippen molar-refractivity contribution in [3.8, 4) is 5.75 Å². The lowest BCUT2D eigenvalue weighted by Crippen LogP contribution is -2.09. The van der Waals surface area contributed by atoms with Crippen molar-refractivity contribution in [2.24, 2.45) is 0 Å². The normalized spacial score (nSPS) is 10.3. The average Bonchev–Trinajstić information content (AvgIpc) is 2.86. The third-order valence-electron chi connectivity index (χ3n) is 2.47. The van der Waals surface area contributed by atoms with Gasteiger partial charge in [0.2, 0.25) is 5.78 Å². The van der Waals surface area contributed by atoms with E-state index in [1.165, 1.54) is 4.88 Å². The Hall–Kier alpha value is -0.880. The van der Waals surface area contributed by atoms with Crippen LogP contribution in [0.15, 0.2) is 36.4 Å². The van der Waals surface area contributed by atoms with E-state index in [2.05, 4.69) is 29.5 Å². The molecule has 1 aromatic heterocycles. The first-order valence-electron chi connectivity index (χ1n) is 5.69. The summed E-state index contributed by atoms with van der Waals surface area (Å²) in [4.78, 5) is 13.9. The molecule has 1 aromatic carbocycles. The molecule has 94 valence electrons. The van der Waals surface area contributed by atoms with Crippen LogP contribution >= 0.6 is 33.9 Å². The number of aryl methyl sites for hydroxylation is 1. The largest absolute Gasteiger partial charge is 0.485 e. The molecule has 1 heterocycles. The van der Waals surface area contributed by atoms with Gasteiger partial charge in [-0.2, -0.15) is 0 Å². The van der Waals surface area contributed by atoms with Crippen LogP contribution in [0.5, 0.6) is 5.75 Å². The molecule has 0 aliphatic carbocycles. The standard InChI is InChI=1S/C14H13IO2S/c1-2-12-7-8-14(18-12)13(16)9-17-11-5-3-10(15)4-6-11/h3-8H,2,9H2,1H3. The van der Waals surface area contributed by atoms with Crippen LogP contribution in [-0.4, -0.2) is 12.4 Å². The van der Waals surface area contributed by atoms with Gasteiger partial charge in [0.25, 0.3) is 0 Å². The first-order chi connectivity index (χ1) is 8.69. The van der Waals surface area contributed by atoms with E-state index in [0.717, 1.165) is 20.6 Å². The van der Waals surface area contributed by atoms with Gasteiger partial charge in [0.1, 0.15) is 5.75 Å². The number of Topliss-reactive ketones (excluding diaryl/α,β-unsaturated/α-hetero) is 1. The third kappa shape index (κ3) is 3.55. The Labute approximate surface area is 124 Å². The van der Waals surface area contributed by atoms with Gasteiger partial charge in [-0.25, -0.2) is 0 Å². The van der Waals surface area contributed by atoms with E-state index in [1.54, 1.807) is 11.3 Å². The Morgan fingerprint density at radius 3 is 2.56 bits per heavy atom. The molecule has 0 aliphatic rings. The molecule has 18 heavy (non-hydrogen) atoms. The number of ketones is 1. The maximum Gasteiger partial charge on any atom is 0.210 e. The number of thiophene rings is 1. The molecule has 0 fully saturated rings. The number of ether oxygens (including phenoxy) is 1. The van der Waals surface area contributed by atoms with Crippen molar-refractivity contribution in [3.63, 3.8) is 0 Å². The van der Waals surface area contributed by atoms with Gasteiger partial charge in [-0.1, -0.05) is 6.92 Å². The predicted octanol–water partition coefficient (Wildman–Crippen LogP) is 4.18. The third-order valence-corrected chi connectivity index (χ3v) is 4.46. The van der Waals surface area contributed by atoms with Gasteiger partial charge in [-0.3, -0.25) is 4.79 Å². The van der Waals surface area contributed by atoms with Gasteiger partial charge in [0.05, 0.1) is 4.88 Å². The van der Waals surface area contributed by atoms with Crippen LogP contribution in [0.25, 0.3) is 0 Å². The minimum Gasteiger partial charge on any atom is -0.485 e. The lowest BCUT2D eigenvalue weighted by atomic mass is 10.3. The van der Waals surface area contributed by atoms with Crippen LogP contribution < -0.4 is 4.74 Å². The summed E-state index contributed by atoms with van der Waals surface area (Å²) in [5.41, 5.74) is 0. The van der Waals surface area contributed by atoms with Crippen LogP contribution in [0.2, 0.25) is 0 Å². The Balaban J connectivity index is 1.93. The molecule has 4 heteroatoms. The fraction of sp³-hybridized carbons (Fsp3) is 0.214. The van der Waals surface area contributed by atoms with Crippen molar-refractivity contribution in [1.29, 1.82) is 0 Å². The van der Waals surface area contributed by atoms with Gasteiger partial charge < -0.3 is 4.74 Å². The number of carbonyl (C=O) groups excluding carboxylic acids is 1. The first-order valence-corrected chi connectivity index (χ1v) is 7.59. The van der Waals surface area contributed by atoms with E-state index < -0.39 is 0 Å². The van der Waals surface area contributed by atoms with Crippen LogP contribution in [-0.2, 0) is 6.42 Å². The summed E-state index contributed by atoms with van der Waals surface area (Å²) in [6.45, 7) is 2.19. The van der Waals surface area contributed by atoms with Crippen molar-refractivity contribution < 1.29 is 9.53 Å². The average molecular weight is 372 g/mol. The van der Waals surface area contributed by atoms with E-state index in [9.17, 15) is 4.79 Å². The van der Waals surface area contributed by atoms with Crippen LogP contribution in [0.1, 0.15) is 21.5 Å². The molecule has 0 N–H and O–H groups in total. The van der Waals surface area contributed by atoms with E-state index in [0.29, 0.717) is 0 Å². The fourth-order valence-electron chi connectivity index (χ4n) is 1.47. The Morgan fingerprint density at radius 2 is 1.94 bits per heavy atom.